The summed E-state index contributed by atoms with van der Waals surface area (Å²) in [6, 6.07) is 3.86. The van der Waals surface area contributed by atoms with Crippen molar-refractivity contribution in [2.45, 2.75) is 33.4 Å². The molecule has 0 amide bonds. The second kappa shape index (κ2) is 6.13. The highest BCUT2D eigenvalue weighted by atomic mass is 16.5. The molecule has 0 saturated carbocycles. The molecule has 5 nitrogen and oxygen atoms in total. The lowest BCUT2D eigenvalue weighted by Crippen LogP contribution is -2.08. The highest BCUT2D eigenvalue weighted by Crippen LogP contribution is 2.12. The van der Waals surface area contributed by atoms with Gasteiger partial charge in [-0.3, -0.25) is 0 Å². The lowest BCUT2D eigenvalue weighted by atomic mass is 10.2. The quantitative estimate of drug-likeness (QED) is 0.893. The van der Waals surface area contributed by atoms with Crippen molar-refractivity contribution in [1.29, 1.82) is 0 Å². The fourth-order valence-corrected chi connectivity index (χ4v) is 1.53. The van der Waals surface area contributed by atoms with Gasteiger partial charge in [-0.2, -0.15) is 0 Å². The topological polar surface area (TPSA) is 59.9 Å². The number of nitrogens with zero attached hydrogens (tertiary/aromatic N) is 3. The van der Waals surface area contributed by atoms with E-state index in [2.05, 4.69) is 20.3 Å². The fourth-order valence-electron chi connectivity index (χ4n) is 1.53. The molecule has 19 heavy (non-hydrogen) atoms. The van der Waals surface area contributed by atoms with Crippen molar-refractivity contribution >= 4 is 5.95 Å². The molecule has 100 valence electrons. The van der Waals surface area contributed by atoms with E-state index in [9.17, 15) is 0 Å². The lowest BCUT2D eigenvalue weighted by molar-refractivity contribution is 0.232. The maximum Gasteiger partial charge on any atom is 0.222 e. The minimum Gasteiger partial charge on any atom is -0.475 e. The molecule has 0 aromatic carbocycles. The minimum absolute atomic E-state index is 0.121. The van der Waals surface area contributed by atoms with E-state index in [-0.39, 0.29) is 6.10 Å². The summed E-state index contributed by atoms with van der Waals surface area (Å²) in [7, 11) is 0. The van der Waals surface area contributed by atoms with Crippen LogP contribution in [0, 0.1) is 6.92 Å². The number of nitrogens with one attached hydrogen (secondary N) is 1. The molecule has 0 aliphatic rings. The Morgan fingerprint density at radius 2 is 1.95 bits per heavy atom. The summed E-state index contributed by atoms with van der Waals surface area (Å²) in [5, 5.41) is 3.16. The predicted molar refractivity (Wildman–Crippen MR) is 74.1 cm³/mol. The highest BCUT2D eigenvalue weighted by molar-refractivity contribution is 5.29. The number of anilines is 1. The number of hydrogen-bond donors (Lipinski definition) is 1. The molecule has 2 rings (SSSR count). The maximum absolute atomic E-state index is 5.55. The molecule has 1 N–H and O–H groups in total. The van der Waals surface area contributed by atoms with Crippen molar-refractivity contribution in [3.05, 3.63) is 41.9 Å². The Kier molecular flexibility index (Phi) is 4.28. The SMILES string of the molecule is Cc1cnc(NCc2ccnc(OC(C)C)c2)nc1. The van der Waals surface area contributed by atoms with Crippen LogP contribution in [0.3, 0.4) is 0 Å². The molecule has 0 atom stereocenters. The molecule has 0 fully saturated rings. The van der Waals surface area contributed by atoms with Crippen LogP contribution >= 0.6 is 0 Å². The minimum atomic E-state index is 0.121. The molecule has 0 aliphatic heterocycles. The van der Waals surface area contributed by atoms with Gasteiger partial charge in [0, 0.05) is 31.2 Å². The molecular formula is C14H18N4O. The van der Waals surface area contributed by atoms with E-state index in [1.54, 1.807) is 18.6 Å². The van der Waals surface area contributed by atoms with E-state index < -0.39 is 0 Å². The first-order valence-electron chi connectivity index (χ1n) is 6.27. The van der Waals surface area contributed by atoms with Crippen LogP contribution in [0.25, 0.3) is 0 Å². The number of pyridine rings is 1. The number of ether oxygens (including phenoxy) is 1. The van der Waals surface area contributed by atoms with E-state index in [1.807, 2.05) is 32.9 Å². The standard InChI is InChI=1S/C14H18N4O/c1-10(2)19-13-6-12(4-5-15-13)9-18-14-16-7-11(3)8-17-14/h4-8,10H,9H2,1-3H3,(H,16,17,18). The van der Waals surface area contributed by atoms with Gasteiger partial charge in [-0.15, -0.1) is 0 Å². The van der Waals surface area contributed by atoms with Crippen LogP contribution in [0.4, 0.5) is 5.95 Å². The van der Waals surface area contributed by atoms with Gasteiger partial charge in [0.15, 0.2) is 0 Å². The van der Waals surface area contributed by atoms with Crippen LogP contribution in [0.5, 0.6) is 5.88 Å². The second-order valence-corrected chi connectivity index (χ2v) is 4.61. The average Bonchev–Trinajstić information content (AvgIpc) is 2.38. The maximum atomic E-state index is 5.55. The molecule has 0 spiro atoms. The fraction of sp³-hybridized carbons (Fsp3) is 0.357. The van der Waals surface area contributed by atoms with E-state index in [0.29, 0.717) is 18.4 Å². The van der Waals surface area contributed by atoms with Crippen LogP contribution in [0.15, 0.2) is 30.7 Å². The molecule has 0 aliphatic carbocycles. The monoisotopic (exact) mass is 258 g/mol. The van der Waals surface area contributed by atoms with Crippen LogP contribution in [0.1, 0.15) is 25.0 Å². The van der Waals surface area contributed by atoms with Gasteiger partial charge >= 0.3 is 0 Å². The normalized spacial score (nSPS) is 10.5. The molecule has 2 heterocycles. The third-order valence-corrected chi connectivity index (χ3v) is 2.39. The summed E-state index contributed by atoms with van der Waals surface area (Å²) in [6.45, 7) is 6.56. The zero-order valence-corrected chi connectivity index (χ0v) is 11.4. The third kappa shape index (κ3) is 4.21. The second-order valence-electron chi connectivity index (χ2n) is 4.61. The summed E-state index contributed by atoms with van der Waals surface area (Å²) in [4.78, 5) is 12.6. The number of hydrogen-bond acceptors (Lipinski definition) is 5. The van der Waals surface area contributed by atoms with E-state index >= 15 is 0 Å². The van der Waals surface area contributed by atoms with Gasteiger partial charge in [0.2, 0.25) is 11.8 Å². The first-order valence-corrected chi connectivity index (χ1v) is 6.27. The van der Waals surface area contributed by atoms with Crippen LogP contribution in [-0.4, -0.2) is 21.1 Å². The molecular weight excluding hydrogens is 240 g/mol. The third-order valence-electron chi connectivity index (χ3n) is 2.39. The van der Waals surface area contributed by atoms with Crippen LogP contribution in [0.2, 0.25) is 0 Å². The largest absolute Gasteiger partial charge is 0.475 e. The van der Waals surface area contributed by atoms with Gasteiger partial charge in [0.1, 0.15) is 0 Å². The lowest BCUT2D eigenvalue weighted by Gasteiger charge is -2.10. The Morgan fingerprint density at radius 3 is 2.63 bits per heavy atom. The molecule has 2 aromatic heterocycles. The van der Waals surface area contributed by atoms with Gasteiger partial charge in [-0.25, -0.2) is 15.0 Å². The molecule has 0 bridgehead atoms. The Bertz CT molecular complexity index is 525. The van der Waals surface area contributed by atoms with Crippen LogP contribution in [-0.2, 0) is 6.54 Å². The molecule has 0 radical (unpaired) electrons. The van der Waals surface area contributed by atoms with Crippen molar-refractivity contribution in [1.82, 2.24) is 15.0 Å². The van der Waals surface area contributed by atoms with Gasteiger partial charge < -0.3 is 10.1 Å². The smallest absolute Gasteiger partial charge is 0.222 e. The van der Waals surface area contributed by atoms with E-state index in [0.717, 1.165) is 11.1 Å². The van der Waals surface area contributed by atoms with E-state index in [4.69, 9.17) is 4.74 Å². The zero-order chi connectivity index (χ0) is 13.7. The Hall–Kier alpha value is -2.17. The summed E-state index contributed by atoms with van der Waals surface area (Å²) in [5.41, 5.74) is 2.12. The Balaban J connectivity index is 1.97. The molecule has 5 heteroatoms. The predicted octanol–water partition coefficient (Wildman–Crippen LogP) is 2.58. The Morgan fingerprint density at radius 1 is 1.21 bits per heavy atom. The number of aromatic nitrogens is 3. The summed E-state index contributed by atoms with van der Waals surface area (Å²) < 4.78 is 5.55. The zero-order valence-electron chi connectivity index (χ0n) is 11.4. The van der Waals surface area contributed by atoms with Crippen molar-refractivity contribution in [3.8, 4) is 5.88 Å². The molecule has 0 saturated heterocycles. The van der Waals surface area contributed by atoms with E-state index in [1.165, 1.54) is 0 Å². The summed E-state index contributed by atoms with van der Waals surface area (Å²) in [6.07, 6.45) is 5.44. The first-order chi connectivity index (χ1) is 9.13. The van der Waals surface area contributed by atoms with Crippen molar-refractivity contribution in [2.24, 2.45) is 0 Å². The van der Waals surface area contributed by atoms with Gasteiger partial charge in [0.05, 0.1) is 6.10 Å². The Labute approximate surface area is 113 Å². The van der Waals surface area contributed by atoms with Gasteiger partial charge in [-0.05, 0) is 38.0 Å². The summed E-state index contributed by atoms with van der Waals surface area (Å²) in [5.74, 6) is 1.26. The van der Waals surface area contributed by atoms with Crippen molar-refractivity contribution in [3.63, 3.8) is 0 Å². The first kappa shape index (κ1) is 13.3. The number of rotatable bonds is 5. The van der Waals surface area contributed by atoms with Crippen molar-refractivity contribution < 1.29 is 4.74 Å². The van der Waals surface area contributed by atoms with Gasteiger partial charge in [0.25, 0.3) is 0 Å². The van der Waals surface area contributed by atoms with Crippen LogP contribution < -0.4 is 10.1 Å². The van der Waals surface area contributed by atoms with Crippen molar-refractivity contribution in [2.75, 3.05) is 5.32 Å². The molecule has 2 aromatic rings. The summed E-state index contributed by atoms with van der Waals surface area (Å²) >= 11 is 0. The number of aryl methyl sites for hydroxylation is 1. The van der Waals surface area contributed by atoms with Gasteiger partial charge in [-0.1, -0.05) is 0 Å². The molecule has 0 unspecified atom stereocenters. The average molecular weight is 258 g/mol. The highest BCUT2D eigenvalue weighted by Gasteiger charge is 2.01.